The number of hydrogen-bond donors (Lipinski definition) is 0. The Bertz CT molecular complexity index is 4000. The molecule has 0 fully saturated rings. The molecule has 0 unspecified atom stereocenters. The topological polar surface area (TPSA) is 77.3 Å². The Hall–Kier alpha value is -8.22. The minimum absolute atomic E-state index is 1.08. The maximum Gasteiger partial charge on any atom is 0.0733 e. The number of aromatic nitrogens is 6. The van der Waals surface area contributed by atoms with Crippen LogP contribution in [0.3, 0.4) is 0 Å². The van der Waals surface area contributed by atoms with E-state index in [1.807, 2.05) is 50.0 Å². The highest BCUT2D eigenvalue weighted by atomic mass is 14.7. The van der Waals surface area contributed by atoms with Crippen LogP contribution in [0.25, 0.3) is 65.4 Å². The van der Waals surface area contributed by atoms with Crippen LogP contribution in [0.1, 0.15) is 100 Å². The molecule has 0 bridgehead atoms. The Balaban J connectivity index is 0.000000136. The summed E-state index contributed by atoms with van der Waals surface area (Å²) in [5.41, 5.74) is 30.1. The first-order valence-corrected chi connectivity index (χ1v) is 27.1. The quantitative estimate of drug-likeness (QED) is 0.151. The fourth-order valence-corrected chi connectivity index (χ4v) is 9.65. The van der Waals surface area contributed by atoms with Crippen LogP contribution in [0, 0.1) is 125 Å². The summed E-state index contributed by atoms with van der Waals surface area (Å²) in [6.45, 7) is 38.3. The molecule has 0 atom stereocenters. The number of hydrogen-bond acceptors (Lipinski definition) is 6. The van der Waals surface area contributed by atoms with Crippen LogP contribution in [-0.2, 0) is 0 Å². The lowest BCUT2D eigenvalue weighted by Crippen LogP contribution is -1.89. The number of pyridine rings is 6. The van der Waals surface area contributed by atoms with E-state index in [1.165, 1.54) is 127 Å². The third-order valence-electron chi connectivity index (χ3n) is 15.5. The van der Waals surface area contributed by atoms with Crippen molar-refractivity contribution < 1.29 is 0 Å². The highest BCUT2D eigenvalue weighted by Crippen LogP contribution is 2.26. The highest BCUT2D eigenvalue weighted by Gasteiger charge is 2.07. The molecule has 6 heterocycles. The van der Waals surface area contributed by atoms with Crippen LogP contribution >= 0.6 is 0 Å². The van der Waals surface area contributed by atoms with Crippen molar-refractivity contribution in [1.29, 1.82) is 0 Å². The van der Waals surface area contributed by atoms with E-state index in [1.54, 1.807) is 0 Å². The van der Waals surface area contributed by atoms with Crippen molar-refractivity contribution in [1.82, 2.24) is 29.9 Å². The molecule has 6 aromatic carbocycles. The van der Waals surface area contributed by atoms with Crippen LogP contribution in [0.4, 0.5) is 0 Å². The third kappa shape index (κ3) is 13.7. The summed E-state index contributed by atoms with van der Waals surface area (Å²) in [7, 11) is 0. The standard InChI is InChI=1S/6C12H13N/c1-8-4-11-5-9(2)10(3)6-12(11)13-7-8;1-8-6-11-5-4-10(3)13-12(11)7-9(8)2;1-8-4-5-13-12-7-10(3)9(2)6-11(8)12;1-8-4-5-11-12(10(8)3)9(2)6-7-13-11;1-8-7-12-11(5-4-6-13-12)10(3)9(8)2;1-8-7-9(2)12-11(10(8)3)5-4-6-13-12/h6*4-7H,1-3H3. The van der Waals surface area contributed by atoms with Gasteiger partial charge < -0.3 is 0 Å². The van der Waals surface area contributed by atoms with Gasteiger partial charge in [-0.1, -0.05) is 30.3 Å². The van der Waals surface area contributed by atoms with Crippen LogP contribution in [-0.4, -0.2) is 29.9 Å². The molecule has 0 amide bonds. The molecule has 6 aromatic heterocycles. The molecule has 0 radical (unpaired) electrons. The molecule has 0 saturated heterocycles. The van der Waals surface area contributed by atoms with Crippen LogP contribution in [0.15, 0.2) is 146 Å². The summed E-state index contributed by atoms with van der Waals surface area (Å²) in [5, 5.41) is 7.59. The van der Waals surface area contributed by atoms with E-state index in [0.717, 1.165) is 38.8 Å². The molecule has 0 aliphatic heterocycles. The molecule has 0 saturated carbocycles. The van der Waals surface area contributed by atoms with E-state index in [0.29, 0.717) is 0 Å². The zero-order valence-corrected chi connectivity index (χ0v) is 49.5. The SMILES string of the molecule is Cc1cc(C)c2ncccc2c1C.Cc1cc2nccc(C)c2cc1C.Cc1cc2ncccc2c(C)c1C.Cc1ccc2cc(C)c(C)cc2n1.Cc1ccc2nccc(C)c2c1C.Cc1cnc2cc(C)c(C)cc2c1. The summed E-state index contributed by atoms with van der Waals surface area (Å²) in [4.78, 5) is 26.3. The lowest BCUT2D eigenvalue weighted by Gasteiger charge is -2.07. The maximum absolute atomic E-state index is 4.48. The van der Waals surface area contributed by atoms with E-state index in [9.17, 15) is 0 Å². The van der Waals surface area contributed by atoms with Gasteiger partial charge in [0.05, 0.1) is 33.1 Å². The maximum atomic E-state index is 4.48. The highest BCUT2D eigenvalue weighted by molar-refractivity contribution is 5.88. The van der Waals surface area contributed by atoms with Gasteiger partial charge in [0.15, 0.2) is 0 Å². The Morgan fingerprint density at radius 2 is 0.808 bits per heavy atom. The van der Waals surface area contributed by atoms with Gasteiger partial charge in [-0.3, -0.25) is 29.9 Å². The first kappa shape index (κ1) is 57.5. The molecule has 12 rings (SSSR count). The zero-order chi connectivity index (χ0) is 56.5. The van der Waals surface area contributed by atoms with Crippen molar-refractivity contribution in [2.75, 3.05) is 0 Å². The van der Waals surface area contributed by atoms with Gasteiger partial charge in [0.1, 0.15) is 0 Å². The van der Waals surface area contributed by atoms with Crippen molar-refractivity contribution in [2.24, 2.45) is 0 Å². The summed E-state index contributed by atoms with van der Waals surface area (Å²) in [5.74, 6) is 0. The summed E-state index contributed by atoms with van der Waals surface area (Å²) in [6, 6.07) is 40.3. The van der Waals surface area contributed by atoms with E-state index < -0.39 is 0 Å². The molecule has 0 aliphatic carbocycles. The normalized spacial score (nSPS) is 10.7. The second kappa shape index (κ2) is 25.3. The zero-order valence-electron chi connectivity index (χ0n) is 49.5. The van der Waals surface area contributed by atoms with Crippen molar-refractivity contribution >= 4 is 65.4 Å². The average molecular weight is 1030 g/mol. The van der Waals surface area contributed by atoms with Gasteiger partial charge in [0, 0.05) is 69.0 Å². The Labute approximate surface area is 464 Å². The summed E-state index contributed by atoms with van der Waals surface area (Å²) < 4.78 is 0. The average Bonchev–Trinajstić information content (AvgIpc) is 3.43. The monoisotopic (exact) mass is 1030 g/mol. The van der Waals surface area contributed by atoms with Gasteiger partial charge in [-0.05, 0) is 304 Å². The van der Waals surface area contributed by atoms with E-state index in [-0.39, 0.29) is 0 Å². The van der Waals surface area contributed by atoms with Crippen molar-refractivity contribution in [2.45, 2.75) is 125 Å². The minimum Gasteiger partial charge on any atom is -0.256 e. The Morgan fingerprint density at radius 1 is 0.269 bits per heavy atom. The number of fused-ring (bicyclic) bond motifs is 6. The molecule has 12 aromatic rings. The fraction of sp³-hybridized carbons (Fsp3) is 0.250. The first-order valence-electron chi connectivity index (χ1n) is 27.1. The number of rotatable bonds is 0. The molecule has 0 aliphatic rings. The molecule has 0 N–H and O–H groups in total. The molecule has 6 heteroatoms. The van der Waals surface area contributed by atoms with Crippen LogP contribution < -0.4 is 0 Å². The van der Waals surface area contributed by atoms with Gasteiger partial charge in [-0.15, -0.1) is 0 Å². The third-order valence-corrected chi connectivity index (χ3v) is 15.5. The number of nitrogens with zero attached hydrogens (tertiary/aromatic N) is 6. The molecule has 396 valence electrons. The molecule has 6 nitrogen and oxygen atoms in total. The lowest BCUT2D eigenvalue weighted by molar-refractivity contribution is 1.24. The lowest BCUT2D eigenvalue weighted by atomic mass is 10.00. The predicted octanol–water partition coefficient (Wildman–Crippen LogP) is 19.0. The largest absolute Gasteiger partial charge is 0.256 e. The predicted molar refractivity (Wildman–Crippen MR) is 336 cm³/mol. The first-order chi connectivity index (χ1) is 37.1. The van der Waals surface area contributed by atoms with Gasteiger partial charge in [0.2, 0.25) is 0 Å². The van der Waals surface area contributed by atoms with Gasteiger partial charge >= 0.3 is 0 Å². The van der Waals surface area contributed by atoms with Crippen molar-refractivity contribution in [3.8, 4) is 0 Å². The number of aryl methyl sites for hydroxylation is 17. The number of benzene rings is 6. The summed E-state index contributed by atoms with van der Waals surface area (Å²) in [6.07, 6.45) is 9.34. The van der Waals surface area contributed by atoms with E-state index in [2.05, 4.69) is 251 Å². The molecular weight excluding hydrogens is 949 g/mol. The molecule has 0 spiro atoms. The van der Waals surface area contributed by atoms with E-state index >= 15 is 0 Å². The molecular formula is C72H78N6. The minimum atomic E-state index is 1.08. The van der Waals surface area contributed by atoms with Crippen molar-refractivity contribution in [3.05, 3.63) is 247 Å². The smallest absolute Gasteiger partial charge is 0.0733 e. The molecule has 78 heavy (non-hydrogen) atoms. The van der Waals surface area contributed by atoms with Gasteiger partial charge in [-0.2, -0.15) is 0 Å². The fourth-order valence-electron chi connectivity index (χ4n) is 9.65. The van der Waals surface area contributed by atoms with Gasteiger partial charge in [-0.25, -0.2) is 0 Å². The van der Waals surface area contributed by atoms with Gasteiger partial charge in [0.25, 0.3) is 0 Å². The van der Waals surface area contributed by atoms with Crippen LogP contribution in [0.5, 0.6) is 0 Å². The van der Waals surface area contributed by atoms with Crippen molar-refractivity contribution in [3.63, 3.8) is 0 Å². The van der Waals surface area contributed by atoms with Crippen LogP contribution in [0.2, 0.25) is 0 Å². The Kier molecular flexibility index (Phi) is 18.6. The second-order valence-corrected chi connectivity index (χ2v) is 21.4. The van der Waals surface area contributed by atoms with E-state index in [4.69, 9.17) is 0 Å². The summed E-state index contributed by atoms with van der Waals surface area (Å²) >= 11 is 0. The Morgan fingerprint density at radius 3 is 1.51 bits per heavy atom. The second-order valence-electron chi connectivity index (χ2n) is 21.4.